The van der Waals surface area contributed by atoms with Gasteiger partial charge in [0.25, 0.3) is 0 Å². The van der Waals surface area contributed by atoms with E-state index in [9.17, 15) is 9.59 Å². The highest BCUT2D eigenvalue weighted by Gasteiger charge is 2.10. The van der Waals surface area contributed by atoms with E-state index in [1.807, 2.05) is 42.5 Å². The van der Waals surface area contributed by atoms with Crippen molar-refractivity contribution in [2.75, 3.05) is 0 Å². The highest BCUT2D eigenvalue weighted by molar-refractivity contribution is 5.74. The fraction of sp³-hybridized carbons (Fsp3) is 0.238. The van der Waals surface area contributed by atoms with E-state index < -0.39 is 12.1 Å². The number of carbonyl (C=O) groups is 2. The number of ether oxygens (including phenoxy) is 2. The molecule has 0 bridgehead atoms. The monoisotopic (exact) mass is 336 g/mol. The molecular formula is C21H20O4. The molecule has 2 aromatic rings. The van der Waals surface area contributed by atoms with Gasteiger partial charge in [0.2, 0.25) is 0 Å². The van der Waals surface area contributed by atoms with Gasteiger partial charge in [-0.25, -0.2) is 0 Å². The smallest absolute Gasteiger partial charge is 0.311 e. The Balaban J connectivity index is 1.77. The quantitative estimate of drug-likeness (QED) is 0.436. The molecule has 0 aliphatic carbocycles. The van der Waals surface area contributed by atoms with Crippen LogP contribution in [-0.4, -0.2) is 18.0 Å². The van der Waals surface area contributed by atoms with Gasteiger partial charge in [0.05, 0.1) is 0 Å². The van der Waals surface area contributed by atoms with E-state index >= 15 is 0 Å². The molecule has 0 heterocycles. The third kappa shape index (κ3) is 6.15. The number of terminal acetylenes is 1. The zero-order valence-electron chi connectivity index (χ0n) is 14.1. The number of esters is 2. The van der Waals surface area contributed by atoms with Crippen LogP contribution in [0.4, 0.5) is 0 Å². The number of benzene rings is 2. The summed E-state index contributed by atoms with van der Waals surface area (Å²) < 4.78 is 10.2. The molecule has 0 aliphatic heterocycles. The topological polar surface area (TPSA) is 52.6 Å². The van der Waals surface area contributed by atoms with Crippen molar-refractivity contribution in [1.82, 2.24) is 0 Å². The summed E-state index contributed by atoms with van der Waals surface area (Å²) in [5.74, 6) is 1.99. The average Bonchev–Trinajstić information content (AvgIpc) is 2.63. The standard InChI is InChI=1S/C21H20O4/c1-3-16(2)24-20(22)10-7-11-21(23)25-19-14-12-18(13-15-19)17-8-5-4-6-9-17/h1,4-6,8-9,12-16H,7,10-11H2,2H3. The Morgan fingerprint density at radius 2 is 1.56 bits per heavy atom. The first-order valence-corrected chi connectivity index (χ1v) is 8.10. The van der Waals surface area contributed by atoms with Crippen molar-refractivity contribution in [2.24, 2.45) is 0 Å². The summed E-state index contributed by atoms with van der Waals surface area (Å²) in [6, 6.07) is 17.2. The van der Waals surface area contributed by atoms with Crippen LogP contribution in [0.5, 0.6) is 5.75 Å². The van der Waals surface area contributed by atoms with Crippen molar-refractivity contribution < 1.29 is 19.1 Å². The van der Waals surface area contributed by atoms with Crippen molar-refractivity contribution in [3.8, 4) is 29.2 Å². The summed E-state index contributed by atoms with van der Waals surface area (Å²) in [6.07, 6.45) is 5.21. The molecule has 1 atom stereocenters. The molecule has 0 N–H and O–H groups in total. The molecular weight excluding hydrogens is 316 g/mol. The second-order valence-corrected chi connectivity index (χ2v) is 5.52. The fourth-order valence-corrected chi connectivity index (χ4v) is 2.20. The lowest BCUT2D eigenvalue weighted by atomic mass is 10.1. The van der Waals surface area contributed by atoms with Crippen LogP contribution >= 0.6 is 0 Å². The van der Waals surface area contributed by atoms with E-state index in [1.165, 1.54) is 0 Å². The molecule has 1 unspecified atom stereocenters. The molecule has 0 aliphatic rings. The van der Waals surface area contributed by atoms with Crippen LogP contribution in [0.1, 0.15) is 26.2 Å². The molecule has 0 radical (unpaired) electrons. The Hall–Kier alpha value is -3.06. The maximum atomic E-state index is 11.8. The molecule has 25 heavy (non-hydrogen) atoms. The zero-order valence-corrected chi connectivity index (χ0v) is 14.1. The van der Waals surface area contributed by atoms with E-state index in [2.05, 4.69) is 5.92 Å². The lowest BCUT2D eigenvalue weighted by molar-refractivity contribution is -0.146. The van der Waals surface area contributed by atoms with Crippen LogP contribution in [0, 0.1) is 12.3 Å². The molecule has 2 aromatic carbocycles. The lowest BCUT2D eigenvalue weighted by Crippen LogP contribution is -2.14. The van der Waals surface area contributed by atoms with Gasteiger partial charge in [-0.05, 0) is 36.6 Å². The highest BCUT2D eigenvalue weighted by atomic mass is 16.5. The Labute approximate surface area is 147 Å². The molecule has 0 aromatic heterocycles. The van der Waals surface area contributed by atoms with Crippen molar-refractivity contribution in [1.29, 1.82) is 0 Å². The molecule has 0 amide bonds. The SMILES string of the molecule is C#CC(C)OC(=O)CCCC(=O)Oc1ccc(-c2ccccc2)cc1. The minimum Gasteiger partial charge on any atom is -0.449 e. The van der Waals surface area contributed by atoms with Crippen LogP contribution in [0.2, 0.25) is 0 Å². The number of hydrogen-bond donors (Lipinski definition) is 0. The van der Waals surface area contributed by atoms with E-state index in [4.69, 9.17) is 15.9 Å². The highest BCUT2D eigenvalue weighted by Crippen LogP contribution is 2.22. The molecule has 4 heteroatoms. The van der Waals surface area contributed by atoms with Gasteiger partial charge in [0.15, 0.2) is 6.10 Å². The molecule has 2 rings (SSSR count). The average molecular weight is 336 g/mol. The summed E-state index contributed by atoms with van der Waals surface area (Å²) in [4.78, 5) is 23.3. The number of hydrogen-bond acceptors (Lipinski definition) is 4. The van der Waals surface area contributed by atoms with Crippen LogP contribution in [0.3, 0.4) is 0 Å². The van der Waals surface area contributed by atoms with E-state index in [1.54, 1.807) is 19.1 Å². The van der Waals surface area contributed by atoms with Crippen LogP contribution in [0.25, 0.3) is 11.1 Å². The van der Waals surface area contributed by atoms with Gasteiger partial charge in [-0.1, -0.05) is 48.4 Å². The molecule has 0 fully saturated rings. The van der Waals surface area contributed by atoms with Gasteiger partial charge in [0.1, 0.15) is 5.75 Å². The fourth-order valence-electron chi connectivity index (χ4n) is 2.20. The minimum atomic E-state index is -0.553. The van der Waals surface area contributed by atoms with Gasteiger partial charge < -0.3 is 9.47 Å². The largest absolute Gasteiger partial charge is 0.449 e. The summed E-state index contributed by atoms with van der Waals surface area (Å²) in [5.41, 5.74) is 2.14. The molecule has 0 saturated heterocycles. The second-order valence-electron chi connectivity index (χ2n) is 5.52. The van der Waals surface area contributed by atoms with Crippen molar-refractivity contribution in [3.05, 3.63) is 54.6 Å². The minimum absolute atomic E-state index is 0.133. The first kappa shape index (κ1) is 18.3. The predicted molar refractivity (Wildman–Crippen MR) is 95.8 cm³/mol. The zero-order chi connectivity index (χ0) is 18.1. The van der Waals surface area contributed by atoms with Crippen LogP contribution in [-0.2, 0) is 14.3 Å². The van der Waals surface area contributed by atoms with Crippen molar-refractivity contribution in [3.63, 3.8) is 0 Å². The van der Waals surface area contributed by atoms with E-state index in [0.717, 1.165) is 11.1 Å². The Kier molecular flexibility index (Phi) is 6.79. The molecule has 0 saturated carbocycles. The normalized spacial score (nSPS) is 11.2. The molecule has 0 spiro atoms. The summed E-state index contributed by atoms with van der Waals surface area (Å²) in [6.45, 7) is 1.62. The van der Waals surface area contributed by atoms with E-state index in [-0.39, 0.29) is 18.8 Å². The van der Waals surface area contributed by atoms with Gasteiger partial charge >= 0.3 is 11.9 Å². The first-order valence-electron chi connectivity index (χ1n) is 8.10. The van der Waals surface area contributed by atoms with Gasteiger partial charge in [-0.15, -0.1) is 6.42 Å². The van der Waals surface area contributed by atoms with E-state index in [0.29, 0.717) is 12.2 Å². The summed E-state index contributed by atoms with van der Waals surface area (Å²) in [5, 5.41) is 0. The third-order valence-corrected chi connectivity index (χ3v) is 3.50. The Morgan fingerprint density at radius 3 is 2.20 bits per heavy atom. The lowest BCUT2D eigenvalue weighted by Gasteiger charge is -2.07. The molecule has 128 valence electrons. The first-order chi connectivity index (χ1) is 12.1. The number of carbonyl (C=O) groups excluding carboxylic acids is 2. The van der Waals surface area contributed by atoms with Gasteiger partial charge in [-0.2, -0.15) is 0 Å². The predicted octanol–water partition coefficient (Wildman–Crippen LogP) is 3.99. The third-order valence-electron chi connectivity index (χ3n) is 3.50. The summed E-state index contributed by atoms with van der Waals surface area (Å²) >= 11 is 0. The summed E-state index contributed by atoms with van der Waals surface area (Å²) in [7, 11) is 0. The Morgan fingerprint density at radius 1 is 0.960 bits per heavy atom. The molecule has 4 nitrogen and oxygen atoms in total. The Bertz CT molecular complexity index is 742. The van der Waals surface area contributed by atoms with Crippen molar-refractivity contribution in [2.45, 2.75) is 32.3 Å². The maximum absolute atomic E-state index is 11.8. The van der Waals surface area contributed by atoms with Crippen LogP contribution in [0.15, 0.2) is 54.6 Å². The second kappa shape index (κ2) is 9.29. The maximum Gasteiger partial charge on any atom is 0.311 e. The number of rotatable bonds is 7. The van der Waals surface area contributed by atoms with Crippen molar-refractivity contribution >= 4 is 11.9 Å². The van der Waals surface area contributed by atoms with Gasteiger partial charge in [-0.3, -0.25) is 9.59 Å². The van der Waals surface area contributed by atoms with Crippen LogP contribution < -0.4 is 4.74 Å². The van der Waals surface area contributed by atoms with Gasteiger partial charge in [0, 0.05) is 12.8 Å².